The first-order valence-corrected chi connectivity index (χ1v) is 6.30. The van der Waals surface area contributed by atoms with Gasteiger partial charge >= 0.3 is 0 Å². The van der Waals surface area contributed by atoms with E-state index in [1.807, 2.05) is 0 Å². The van der Waals surface area contributed by atoms with Crippen molar-refractivity contribution in [2.75, 3.05) is 0 Å². The Morgan fingerprint density at radius 2 is 1.80 bits per heavy atom. The molecule has 0 bridgehead atoms. The molecule has 0 aliphatic carbocycles. The maximum atomic E-state index is 2.34. The molecule has 1 aromatic heterocycles. The van der Waals surface area contributed by atoms with Gasteiger partial charge in [-0.1, -0.05) is 40.5 Å². The quantitative estimate of drug-likeness (QED) is 0.661. The lowest BCUT2D eigenvalue weighted by atomic mass is 10.0. The Morgan fingerprint density at radius 3 is 2.40 bits per heavy atom. The number of rotatable bonds is 6. The van der Waals surface area contributed by atoms with Gasteiger partial charge in [-0.2, -0.15) is 0 Å². The monoisotopic (exact) mass is 207 g/mol. The molecule has 0 aliphatic rings. The van der Waals surface area contributed by atoms with Gasteiger partial charge in [0.05, 0.1) is 0 Å². The van der Waals surface area contributed by atoms with E-state index in [1.165, 1.54) is 24.8 Å². The van der Waals surface area contributed by atoms with Crippen molar-refractivity contribution in [3.05, 3.63) is 24.0 Å². The van der Waals surface area contributed by atoms with Crippen molar-refractivity contribution in [2.45, 2.75) is 53.5 Å². The molecule has 0 saturated heterocycles. The zero-order valence-electron chi connectivity index (χ0n) is 10.7. The molecule has 15 heavy (non-hydrogen) atoms. The minimum Gasteiger partial charge on any atom is -0.354 e. The predicted molar refractivity (Wildman–Crippen MR) is 67.0 cm³/mol. The molecule has 0 aromatic carbocycles. The number of aromatic nitrogens is 1. The maximum absolute atomic E-state index is 2.34. The van der Waals surface area contributed by atoms with E-state index in [4.69, 9.17) is 0 Å². The van der Waals surface area contributed by atoms with E-state index in [1.54, 1.807) is 0 Å². The average Bonchev–Trinajstić information content (AvgIpc) is 2.65. The van der Waals surface area contributed by atoms with Crippen LogP contribution in [0.5, 0.6) is 0 Å². The highest BCUT2D eigenvalue weighted by atomic mass is 14.9. The number of nitrogens with zero attached hydrogens (tertiary/aromatic N) is 1. The van der Waals surface area contributed by atoms with Crippen molar-refractivity contribution >= 4 is 0 Å². The minimum absolute atomic E-state index is 0.786. The smallest absolute Gasteiger partial charge is 0.0245 e. The van der Waals surface area contributed by atoms with E-state index in [2.05, 4.69) is 50.7 Å². The van der Waals surface area contributed by atoms with Crippen LogP contribution in [0.4, 0.5) is 0 Å². The summed E-state index contributed by atoms with van der Waals surface area (Å²) in [7, 11) is 0. The molecule has 1 rings (SSSR count). The third-order valence-electron chi connectivity index (χ3n) is 3.31. The number of hydrogen-bond acceptors (Lipinski definition) is 0. The van der Waals surface area contributed by atoms with Crippen LogP contribution in [0.3, 0.4) is 0 Å². The van der Waals surface area contributed by atoms with Gasteiger partial charge in [-0.05, 0) is 29.9 Å². The van der Waals surface area contributed by atoms with Gasteiger partial charge in [-0.25, -0.2) is 0 Å². The fourth-order valence-corrected chi connectivity index (χ4v) is 1.76. The van der Waals surface area contributed by atoms with Crippen LogP contribution in [0.25, 0.3) is 0 Å². The largest absolute Gasteiger partial charge is 0.354 e. The Morgan fingerprint density at radius 1 is 1.13 bits per heavy atom. The van der Waals surface area contributed by atoms with E-state index < -0.39 is 0 Å². The highest BCUT2D eigenvalue weighted by Gasteiger charge is 2.04. The third-order valence-corrected chi connectivity index (χ3v) is 3.31. The fourth-order valence-electron chi connectivity index (χ4n) is 1.76. The Kier molecular flexibility index (Phi) is 4.93. The molecule has 1 aromatic rings. The standard InChI is InChI=1S/C14H25N/c1-5-12(3)9-14-7-8-15(11-14)10-13(4)6-2/h7-8,11-13H,5-6,9-10H2,1-4H3. The summed E-state index contributed by atoms with van der Waals surface area (Å²) in [6.45, 7) is 10.3. The van der Waals surface area contributed by atoms with Crippen molar-refractivity contribution in [1.29, 1.82) is 0 Å². The van der Waals surface area contributed by atoms with Crippen molar-refractivity contribution in [3.8, 4) is 0 Å². The summed E-state index contributed by atoms with van der Waals surface area (Å²) in [5.74, 6) is 1.60. The average molecular weight is 207 g/mol. The Balaban J connectivity index is 2.49. The van der Waals surface area contributed by atoms with Crippen LogP contribution >= 0.6 is 0 Å². The van der Waals surface area contributed by atoms with E-state index in [0.29, 0.717) is 0 Å². The van der Waals surface area contributed by atoms with Gasteiger partial charge in [0.1, 0.15) is 0 Å². The van der Waals surface area contributed by atoms with Gasteiger partial charge < -0.3 is 4.57 Å². The molecule has 1 nitrogen and oxygen atoms in total. The molecule has 0 fully saturated rings. The normalized spacial score (nSPS) is 15.2. The molecular weight excluding hydrogens is 182 g/mol. The molecule has 0 radical (unpaired) electrons. The van der Waals surface area contributed by atoms with E-state index >= 15 is 0 Å². The third kappa shape index (κ3) is 4.11. The predicted octanol–water partition coefficient (Wildman–Crippen LogP) is 4.12. The molecule has 0 spiro atoms. The van der Waals surface area contributed by atoms with Gasteiger partial charge in [0.25, 0.3) is 0 Å². The summed E-state index contributed by atoms with van der Waals surface area (Å²) < 4.78 is 2.34. The SMILES string of the molecule is CCC(C)Cc1ccn(CC(C)CC)c1. The van der Waals surface area contributed by atoms with Crippen LogP contribution in [0.1, 0.15) is 46.1 Å². The van der Waals surface area contributed by atoms with Crippen LogP contribution in [0.15, 0.2) is 18.5 Å². The molecule has 2 atom stereocenters. The van der Waals surface area contributed by atoms with Crippen molar-refractivity contribution in [3.63, 3.8) is 0 Å². The Labute approximate surface area is 94.5 Å². The lowest BCUT2D eigenvalue weighted by molar-refractivity contribution is 0.468. The summed E-state index contributed by atoms with van der Waals surface area (Å²) in [6, 6.07) is 2.27. The fraction of sp³-hybridized carbons (Fsp3) is 0.714. The van der Waals surface area contributed by atoms with Gasteiger partial charge in [0.15, 0.2) is 0 Å². The topological polar surface area (TPSA) is 4.93 Å². The van der Waals surface area contributed by atoms with E-state index in [9.17, 15) is 0 Å². The molecule has 1 heterocycles. The summed E-state index contributed by atoms with van der Waals surface area (Å²) in [5.41, 5.74) is 1.49. The molecule has 0 N–H and O–H groups in total. The zero-order chi connectivity index (χ0) is 11.3. The van der Waals surface area contributed by atoms with Crippen LogP contribution in [0.2, 0.25) is 0 Å². The van der Waals surface area contributed by atoms with Crippen molar-refractivity contribution in [1.82, 2.24) is 4.57 Å². The lowest BCUT2D eigenvalue weighted by Crippen LogP contribution is -2.04. The van der Waals surface area contributed by atoms with E-state index in [-0.39, 0.29) is 0 Å². The molecule has 86 valence electrons. The first kappa shape index (κ1) is 12.4. The Hall–Kier alpha value is -0.720. The molecule has 0 saturated carbocycles. The second-order valence-corrected chi connectivity index (χ2v) is 4.95. The van der Waals surface area contributed by atoms with Gasteiger partial charge in [-0.3, -0.25) is 0 Å². The minimum atomic E-state index is 0.786. The summed E-state index contributed by atoms with van der Waals surface area (Å²) in [4.78, 5) is 0. The van der Waals surface area contributed by atoms with Gasteiger partial charge in [0, 0.05) is 18.9 Å². The molecule has 1 heteroatoms. The van der Waals surface area contributed by atoms with Crippen molar-refractivity contribution in [2.24, 2.45) is 11.8 Å². The molecular formula is C14H25N. The van der Waals surface area contributed by atoms with Crippen molar-refractivity contribution < 1.29 is 0 Å². The summed E-state index contributed by atoms with van der Waals surface area (Å²) in [5, 5.41) is 0. The maximum Gasteiger partial charge on any atom is 0.0245 e. The second kappa shape index (κ2) is 5.99. The van der Waals surface area contributed by atoms with Crippen LogP contribution in [0, 0.1) is 11.8 Å². The Bertz CT molecular complexity index is 248. The van der Waals surface area contributed by atoms with Crippen LogP contribution < -0.4 is 0 Å². The highest BCUT2D eigenvalue weighted by molar-refractivity contribution is 5.11. The molecule has 0 amide bonds. The summed E-state index contributed by atoms with van der Waals surface area (Å²) >= 11 is 0. The zero-order valence-corrected chi connectivity index (χ0v) is 10.7. The van der Waals surface area contributed by atoms with Crippen LogP contribution in [-0.2, 0) is 13.0 Å². The van der Waals surface area contributed by atoms with E-state index in [0.717, 1.165) is 18.4 Å². The first-order valence-electron chi connectivity index (χ1n) is 6.30. The lowest BCUT2D eigenvalue weighted by Gasteiger charge is -2.09. The first-order chi connectivity index (χ1) is 7.15. The van der Waals surface area contributed by atoms with Gasteiger partial charge in [0.2, 0.25) is 0 Å². The highest BCUT2D eigenvalue weighted by Crippen LogP contribution is 2.13. The summed E-state index contributed by atoms with van der Waals surface area (Å²) in [6.07, 6.45) is 8.31. The molecule has 2 unspecified atom stereocenters. The number of hydrogen-bond donors (Lipinski definition) is 0. The molecule has 0 aliphatic heterocycles. The second-order valence-electron chi connectivity index (χ2n) is 4.95. The van der Waals surface area contributed by atoms with Crippen LogP contribution in [-0.4, -0.2) is 4.57 Å². The van der Waals surface area contributed by atoms with Gasteiger partial charge in [-0.15, -0.1) is 0 Å².